The molecule has 0 saturated heterocycles. The second-order valence-corrected chi connectivity index (χ2v) is 6.74. The maximum absolute atomic E-state index is 10.7. The third-order valence-corrected chi connectivity index (χ3v) is 4.63. The van der Waals surface area contributed by atoms with Crippen LogP contribution in [-0.4, -0.2) is 20.7 Å². The average Bonchev–Trinajstić information content (AvgIpc) is 3.08. The summed E-state index contributed by atoms with van der Waals surface area (Å²) in [4.78, 5) is 14.2. The first-order chi connectivity index (χ1) is 14.1. The van der Waals surface area contributed by atoms with E-state index in [4.69, 9.17) is 0 Å². The number of hydrogen-bond acceptors (Lipinski definition) is 5. The van der Waals surface area contributed by atoms with Gasteiger partial charge in [0.15, 0.2) is 0 Å². The van der Waals surface area contributed by atoms with Crippen molar-refractivity contribution in [1.29, 1.82) is 0 Å². The molecular weight excluding hydrogens is 366 g/mol. The molecule has 0 amide bonds. The summed E-state index contributed by atoms with van der Waals surface area (Å²) in [5.41, 5.74) is 7.33. The zero-order valence-corrected chi connectivity index (χ0v) is 15.8. The monoisotopic (exact) mass is 385 g/mol. The number of hydrogen-bond donors (Lipinski definition) is 1. The van der Waals surface area contributed by atoms with Gasteiger partial charge in [0.25, 0.3) is 5.69 Å². The smallest absolute Gasteiger partial charge is 0.287 e. The zero-order valence-electron chi connectivity index (χ0n) is 15.8. The Kier molecular flexibility index (Phi) is 5.03. The van der Waals surface area contributed by atoms with Gasteiger partial charge in [-0.25, -0.2) is 4.98 Å². The Balaban J connectivity index is 1.56. The summed E-state index contributed by atoms with van der Waals surface area (Å²) in [5.74, 6) is 0.440. The lowest BCUT2D eigenvalue weighted by molar-refractivity contribution is -0.385. The van der Waals surface area contributed by atoms with E-state index in [1.165, 1.54) is 29.5 Å². The molecular formula is C22H19N5O2. The van der Waals surface area contributed by atoms with Gasteiger partial charge in [0.1, 0.15) is 12.0 Å². The summed E-state index contributed by atoms with van der Waals surface area (Å²) in [6, 6.07) is 19.6. The maximum atomic E-state index is 10.7. The van der Waals surface area contributed by atoms with Gasteiger partial charge in [0.2, 0.25) is 0 Å². The van der Waals surface area contributed by atoms with Crippen molar-refractivity contribution in [2.24, 2.45) is 5.10 Å². The molecule has 0 aliphatic carbocycles. The van der Waals surface area contributed by atoms with E-state index in [0.717, 1.165) is 23.0 Å². The van der Waals surface area contributed by atoms with Gasteiger partial charge in [-0.2, -0.15) is 5.10 Å². The standard InChI is InChI=1S/C22H19N5O2/c1-16-6-8-17(9-7-16)14-26-15-18(20-4-2-3-5-21(20)26)12-24-25-22-11-10-19(13-23-22)27(28)29/h2-13,15H,14H2,1H3,(H,23,25). The molecule has 1 N–H and O–H groups in total. The largest absolute Gasteiger partial charge is 0.342 e. The molecule has 4 aromatic rings. The van der Waals surface area contributed by atoms with Crippen LogP contribution in [0.1, 0.15) is 16.7 Å². The van der Waals surface area contributed by atoms with Crippen molar-refractivity contribution in [2.75, 3.05) is 5.43 Å². The van der Waals surface area contributed by atoms with Crippen LogP contribution in [0.3, 0.4) is 0 Å². The maximum Gasteiger partial charge on any atom is 0.287 e. The van der Waals surface area contributed by atoms with Crippen LogP contribution in [0.15, 0.2) is 78.2 Å². The first-order valence-electron chi connectivity index (χ1n) is 9.13. The van der Waals surface area contributed by atoms with Crippen LogP contribution in [0.4, 0.5) is 11.5 Å². The Morgan fingerprint density at radius 3 is 2.66 bits per heavy atom. The van der Waals surface area contributed by atoms with Crippen molar-refractivity contribution in [1.82, 2.24) is 9.55 Å². The third kappa shape index (κ3) is 4.14. The number of aromatic nitrogens is 2. The molecule has 2 aromatic heterocycles. The van der Waals surface area contributed by atoms with Gasteiger partial charge in [-0.15, -0.1) is 0 Å². The fraction of sp³-hybridized carbons (Fsp3) is 0.0909. The first-order valence-corrected chi connectivity index (χ1v) is 9.13. The minimum atomic E-state index is -0.483. The summed E-state index contributed by atoms with van der Waals surface area (Å²) in [6.07, 6.45) is 5.00. The van der Waals surface area contributed by atoms with Crippen molar-refractivity contribution in [3.05, 3.63) is 99.9 Å². The van der Waals surface area contributed by atoms with E-state index >= 15 is 0 Å². The van der Waals surface area contributed by atoms with Crippen LogP contribution >= 0.6 is 0 Å². The van der Waals surface area contributed by atoms with Crippen LogP contribution in [0.25, 0.3) is 10.9 Å². The second-order valence-electron chi connectivity index (χ2n) is 6.74. The number of rotatable bonds is 6. The molecule has 0 aliphatic heterocycles. The van der Waals surface area contributed by atoms with Gasteiger partial charge in [0, 0.05) is 35.3 Å². The van der Waals surface area contributed by atoms with Crippen LogP contribution in [0, 0.1) is 17.0 Å². The summed E-state index contributed by atoms with van der Waals surface area (Å²) in [5, 5.41) is 16.0. The Bertz CT molecular complexity index is 1180. The highest BCUT2D eigenvalue weighted by Gasteiger charge is 2.08. The number of nitrogens with zero attached hydrogens (tertiary/aromatic N) is 4. The van der Waals surface area contributed by atoms with E-state index < -0.39 is 4.92 Å². The molecule has 0 aliphatic rings. The molecule has 7 heteroatoms. The normalized spacial score (nSPS) is 11.2. The number of anilines is 1. The van der Waals surface area contributed by atoms with Crippen LogP contribution in [0.2, 0.25) is 0 Å². The number of benzene rings is 2. The predicted molar refractivity (Wildman–Crippen MR) is 114 cm³/mol. The van der Waals surface area contributed by atoms with Crippen molar-refractivity contribution in [2.45, 2.75) is 13.5 Å². The SMILES string of the molecule is Cc1ccc(Cn2cc(C=NNc3ccc([N+](=O)[O-])cn3)c3ccccc32)cc1. The fourth-order valence-electron chi connectivity index (χ4n) is 3.13. The van der Waals surface area contributed by atoms with Gasteiger partial charge in [-0.1, -0.05) is 48.0 Å². The first kappa shape index (κ1) is 18.4. The van der Waals surface area contributed by atoms with Gasteiger partial charge in [-0.05, 0) is 24.6 Å². The van der Waals surface area contributed by atoms with Crippen molar-refractivity contribution < 1.29 is 4.92 Å². The van der Waals surface area contributed by atoms with E-state index in [1.54, 1.807) is 6.21 Å². The number of para-hydroxylation sites is 1. The molecule has 2 heterocycles. The topological polar surface area (TPSA) is 85.3 Å². The van der Waals surface area contributed by atoms with E-state index in [1.807, 2.05) is 12.1 Å². The highest BCUT2D eigenvalue weighted by atomic mass is 16.6. The number of pyridine rings is 1. The lowest BCUT2D eigenvalue weighted by Gasteiger charge is -2.06. The van der Waals surface area contributed by atoms with E-state index in [2.05, 4.69) is 69.6 Å². The number of hydrazone groups is 1. The number of aryl methyl sites for hydroxylation is 1. The lowest BCUT2D eigenvalue weighted by Crippen LogP contribution is -1.98. The summed E-state index contributed by atoms with van der Waals surface area (Å²) in [6.45, 7) is 2.85. The Morgan fingerprint density at radius 1 is 1.14 bits per heavy atom. The quantitative estimate of drug-likeness (QED) is 0.295. The van der Waals surface area contributed by atoms with Gasteiger partial charge < -0.3 is 4.57 Å². The molecule has 144 valence electrons. The highest BCUT2D eigenvalue weighted by molar-refractivity contribution is 5.99. The Labute approximate surface area is 167 Å². The minimum Gasteiger partial charge on any atom is -0.342 e. The predicted octanol–water partition coefficient (Wildman–Crippen LogP) is 4.75. The van der Waals surface area contributed by atoms with E-state index in [0.29, 0.717) is 5.82 Å². The van der Waals surface area contributed by atoms with Crippen molar-refractivity contribution in [3.63, 3.8) is 0 Å². The van der Waals surface area contributed by atoms with E-state index in [9.17, 15) is 10.1 Å². The average molecular weight is 385 g/mol. The molecule has 0 unspecified atom stereocenters. The molecule has 0 atom stereocenters. The molecule has 0 fully saturated rings. The van der Waals surface area contributed by atoms with Gasteiger partial charge >= 0.3 is 0 Å². The molecule has 0 radical (unpaired) electrons. The second kappa shape index (κ2) is 7.93. The molecule has 7 nitrogen and oxygen atoms in total. The Morgan fingerprint density at radius 2 is 1.93 bits per heavy atom. The molecule has 0 saturated carbocycles. The van der Waals surface area contributed by atoms with E-state index in [-0.39, 0.29) is 5.69 Å². The number of nitro groups is 1. The number of nitrogens with one attached hydrogen (secondary N) is 1. The summed E-state index contributed by atoms with van der Waals surface area (Å²) in [7, 11) is 0. The summed E-state index contributed by atoms with van der Waals surface area (Å²) >= 11 is 0. The fourth-order valence-corrected chi connectivity index (χ4v) is 3.13. The molecule has 29 heavy (non-hydrogen) atoms. The third-order valence-electron chi connectivity index (χ3n) is 4.63. The molecule has 0 bridgehead atoms. The summed E-state index contributed by atoms with van der Waals surface area (Å²) < 4.78 is 2.20. The van der Waals surface area contributed by atoms with Crippen LogP contribution in [0.5, 0.6) is 0 Å². The zero-order chi connectivity index (χ0) is 20.2. The molecule has 2 aromatic carbocycles. The lowest BCUT2D eigenvalue weighted by atomic mass is 10.1. The van der Waals surface area contributed by atoms with Crippen molar-refractivity contribution in [3.8, 4) is 0 Å². The molecule has 4 rings (SSSR count). The van der Waals surface area contributed by atoms with Gasteiger partial charge in [-0.3, -0.25) is 15.5 Å². The van der Waals surface area contributed by atoms with Crippen LogP contribution < -0.4 is 5.43 Å². The van der Waals surface area contributed by atoms with Crippen LogP contribution in [-0.2, 0) is 6.54 Å². The number of fused-ring (bicyclic) bond motifs is 1. The molecule has 0 spiro atoms. The highest BCUT2D eigenvalue weighted by Crippen LogP contribution is 2.21. The minimum absolute atomic E-state index is 0.0568. The van der Waals surface area contributed by atoms with Crippen molar-refractivity contribution >= 4 is 28.6 Å². The Hall–Kier alpha value is -4.00. The van der Waals surface area contributed by atoms with Gasteiger partial charge in [0.05, 0.1) is 11.1 Å².